The molecule has 31 heavy (non-hydrogen) atoms. The van der Waals surface area contributed by atoms with Crippen LogP contribution in [0.25, 0.3) is 0 Å². The largest absolute Gasteiger partial charge is 0.424 e. The maximum Gasteiger partial charge on any atom is 0.322 e. The summed E-state index contributed by atoms with van der Waals surface area (Å²) in [4.78, 5) is 6.97. The van der Waals surface area contributed by atoms with E-state index >= 15 is 0 Å². The van der Waals surface area contributed by atoms with Crippen LogP contribution in [0.3, 0.4) is 0 Å². The molecule has 0 spiro atoms. The van der Waals surface area contributed by atoms with E-state index in [1.54, 1.807) is 16.9 Å². The summed E-state index contributed by atoms with van der Waals surface area (Å²) in [6.07, 6.45) is 4.12. The van der Waals surface area contributed by atoms with Gasteiger partial charge in [-0.15, -0.1) is 10.2 Å². The second-order valence-corrected chi connectivity index (χ2v) is 8.83. The van der Waals surface area contributed by atoms with E-state index < -0.39 is 0 Å². The number of fused-ring (bicyclic) bond motifs is 2. The maximum absolute atomic E-state index is 6.07. The van der Waals surface area contributed by atoms with Crippen molar-refractivity contribution in [1.82, 2.24) is 25.0 Å². The summed E-state index contributed by atoms with van der Waals surface area (Å²) in [7, 11) is 0. The molecule has 2 fully saturated rings. The number of benzene rings is 1. The Labute approximate surface area is 190 Å². The summed E-state index contributed by atoms with van der Waals surface area (Å²) in [6.45, 7) is 4.55. The van der Waals surface area contributed by atoms with E-state index in [0.717, 1.165) is 18.8 Å². The van der Waals surface area contributed by atoms with Crippen molar-refractivity contribution in [3.63, 3.8) is 0 Å². The van der Waals surface area contributed by atoms with Crippen LogP contribution in [0, 0.1) is 11.8 Å². The molecule has 2 aromatic heterocycles. The highest BCUT2D eigenvalue weighted by molar-refractivity contribution is 6.30. The summed E-state index contributed by atoms with van der Waals surface area (Å²) in [5, 5.41) is 17.1. The van der Waals surface area contributed by atoms with E-state index in [1.165, 1.54) is 12.8 Å². The lowest BCUT2D eigenvalue weighted by atomic mass is 9.92. The minimum atomic E-state index is 0.327. The summed E-state index contributed by atoms with van der Waals surface area (Å²) in [5.74, 6) is 2.23. The zero-order chi connectivity index (χ0) is 21.4. The predicted molar refractivity (Wildman–Crippen MR) is 120 cm³/mol. The molecule has 2 bridgehead atoms. The van der Waals surface area contributed by atoms with Crippen LogP contribution in [0.5, 0.6) is 11.8 Å². The summed E-state index contributed by atoms with van der Waals surface area (Å²) >= 11 is 12.1. The summed E-state index contributed by atoms with van der Waals surface area (Å²) < 4.78 is 7.69. The Morgan fingerprint density at radius 3 is 2.68 bits per heavy atom. The third-order valence-electron chi connectivity index (χ3n) is 6.05. The molecular weight excluding hydrogens is 437 g/mol. The smallest absolute Gasteiger partial charge is 0.322 e. The molecule has 5 rings (SSSR count). The number of anilines is 2. The van der Waals surface area contributed by atoms with Crippen LogP contribution in [0.2, 0.25) is 10.2 Å². The molecule has 0 amide bonds. The number of aromatic nitrogens is 5. The minimum Gasteiger partial charge on any atom is -0.424 e. The van der Waals surface area contributed by atoms with Crippen molar-refractivity contribution in [2.24, 2.45) is 11.8 Å². The van der Waals surface area contributed by atoms with E-state index in [1.807, 2.05) is 31.2 Å². The van der Waals surface area contributed by atoms with Crippen LogP contribution < -0.4 is 15.0 Å². The molecule has 3 heterocycles. The van der Waals surface area contributed by atoms with Gasteiger partial charge in [0.1, 0.15) is 5.75 Å². The van der Waals surface area contributed by atoms with E-state index in [-0.39, 0.29) is 0 Å². The normalized spacial score (nSPS) is 22.5. The number of halogens is 2. The number of ether oxygens (including phenoxy) is 1. The Bertz CT molecular complexity index is 1060. The second-order valence-electron chi connectivity index (χ2n) is 8.00. The van der Waals surface area contributed by atoms with Crippen LogP contribution in [0.4, 0.5) is 11.6 Å². The van der Waals surface area contributed by atoms with Crippen molar-refractivity contribution in [3.8, 4) is 11.8 Å². The maximum atomic E-state index is 6.07. The molecule has 1 unspecified atom stereocenters. The molecule has 10 heteroatoms. The lowest BCUT2D eigenvalue weighted by Gasteiger charge is -2.39. The van der Waals surface area contributed by atoms with Gasteiger partial charge in [-0.1, -0.05) is 29.3 Å². The first kappa shape index (κ1) is 20.3. The van der Waals surface area contributed by atoms with E-state index in [0.29, 0.717) is 52.3 Å². The molecule has 1 aliphatic carbocycles. The lowest BCUT2D eigenvalue weighted by Crippen LogP contribution is -2.48. The number of nitrogens with one attached hydrogen (secondary N) is 1. The molecule has 1 aromatic carbocycles. The third-order valence-corrected chi connectivity index (χ3v) is 6.47. The highest BCUT2D eigenvalue weighted by atomic mass is 35.5. The van der Waals surface area contributed by atoms with Crippen molar-refractivity contribution in [2.45, 2.75) is 32.4 Å². The number of aryl methyl sites for hydroxylation is 1. The third kappa shape index (κ3) is 4.27. The quantitative estimate of drug-likeness (QED) is 0.580. The van der Waals surface area contributed by atoms with Gasteiger partial charge in [-0.3, -0.25) is 0 Å². The molecule has 2 aliphatic rings. The van der Waals surface area contributed by atoms with Crippen molar-refractivity contribution < 1.29 is 4.74 Å². The lowest BCUT2D eigenvalue weighted by molar-refractivity contribution is 0.376. The van der Waals surface area contributed by atoms with E-state index in [4.69, 9.17) is 27.9 Å². The fourth-order valence-electron chi connectivity index (χ4n) is 4.63. The first-order valence-corrected chi connectivity index (χ1v) is 11.2. The van der Waals surface area contributed by atoms with Crippen molar-refractivity contribution in [2.75, 3.05) is 23.3 Å². The van der Waals surface area contributed by atoms with Gasteiger partial charge in [-0.2, -0.15) is 10.1 Å². The van der Waals surface area contributed by atoms with E-state index in [9.17, 15) is 0 Å². The molecule has 162 valence electrons. The number of hydrogen-bond donors (Lipinski definition) is 1. The zero-order valence-corrected chi connectivity index (χ0v) is 18.6. The first-order valence-electron chi connectivity index (χ1n) is 10.5. The van der Waals surface area contributed by atoms with Gasteiger partial charge >= 0.3 is 6.01 Å². The van der Waals surface area contributed by atoms with Gasteiger partial charge in [0, 0.05) is 36.8 Å². The molecule has 1 saturated carbocycles. The fourth-order valence-corrected chi connectivity index (χ4v) is 4.96. The average molecular weight is 460 g/mol. The standard InChI is InChI=1S/C21H23Cl2N7O/c1-2-30-21(31-17-5-3-4-15(22)8-17)26-20(28-30)25-19-13-6-7-14(19)12-29(11-13)16-9-18(23)27-24-10-16/h3-5,8-10,13-14,19H,2,6-7,11-12H2,1H3,(H,25,28)/t13-,14+,19?. The topological polar surface area (TPSA) is 81.0 Å². The van der Waals surface area contributed by atoms with Gasteiger partial charge in [0.2, 0.25) is 5.95 Å². The molecule has 1 aliphatic heterocycles. The van der Waals surface area contributed by atoms with Gasteiger partial charge < -0.3 is 15.0 Å². The highest BCUT2D eigenvalue weighted by Crippen LogP contribution is 2.40. The molecule has 0 radical (unpaired) electrons. The number of rotatable bonds is 6. The van der Waals surface area contributed by atoms with Crippen LogP contribution >= 0.6 is 23.2 Å². The minimum absolute atomic E-state index is 0.327. The SMILES string of the molecule is CCn1nc(NC2[C@@H]3CC[C@H]2CN(c2cnnc(Cl)c2)C3)nc1Oc1cccc(Cl)c1. The van der Waals surface area contributed by atoms with Gasteiger partial charge in [0.25, 0.3) is 0 Å². The first-order chi connectivity index (χ1) is 15.1. The van der Waals surface area contributed by atoms with Crippen LogP contribution in [0.15, 0.2) is 36.5 Å². The van der Waals surface area contributed by atoms with Crippen molar-refractivity contribution in [3.05, 3.63) is 46.7 Å². The molecule has 8 nitrogen and oxygen atoms in total. The van der Waals surface area contributed by atoms with Crippen molar-refractivity contribution >= 4 is 34.8 Å². The Morgan fingerprint density at radius 1 is 1.16 bits per heavy atom. The second kappa shape index (κ2) is 8.51. The Morgan fingerprint density at radius 2 is 1.97 bits per heavy atom. The molecular formula is C21H23Cl2N7O. The molecule has 1 saturated heterocycles. The summed E-state index contributed by atoms with van der Waals surface area (Å²) in [5.41, 5.74) is 1.03. The van der Waals surface area contributed by atoms with Crippen LogP contribution in [-0.2, 0) is 6.54 Å². The molecule has 3 atom stereocenters. The average Bonchev–Trinajstić information content (AvgIpc) is 3.23. The van der Waals surface area contributed by atoms with Crippen molar-refractivity contribution in [1.29, 1.82) is 0 Å². The Hall–Kier alpha value is -2.58. The monoisotopic (exact) mass is 459 g/mol. The Kier molecular flexibility index (Phi) is 5.58. The predicted octanol–water partition coefficient (Wildman–Crippen LogP) is 4.51. The molecule has 3 aromatic rings. The van der Waals surface area contributed by atoms with Gasteiger partial charge in [0.15, 0.2) is 5.15 Å². The van der Waals surface area contributed by atoms with Crippen LogP contribution in [-0.4, -0.2) is 44.1 Å². The highest BCUT2D eigenvalue weighted by Gasteiger charge is 2.42. The fraction of sp³-hybridized carbons (Fsp3) is 0.429. The van der Waals surface area contributed by atoms with E-state index in [2.05, 4.69) is 30.5 Å². The Balaban J connectivity index is 1.30. The number of piperidine rings is 1. The van der Waals surface area contributed by atoms with Gasteiger partial charge in [0.05, 0.1) is 11.9 Å². The van der Waals surface area contributed by atoms with Crippen LogP contribution in [0.1, 0.15) is 19.8 Å². The van der Waals surface area contributed by atoms with Gasteiger partial charge in [-0.25, -0.2) is 4.68 Å². The number of hydrogen-bond acceptors (Lipinski definition) is 7. The molecule has 1 N–H and O–H groups in total. The van der Waals surface area contributed by atoms with Gasteiger partial charge in [-0.05, 0) is 49.8 Å². The number of nitrogens with zero attached hydrogens (tertiary/aromatic N) is 6. The zero-order valence-electron chi connectivity index (χ0n) is 17.1. The summed E-state index contributed by atoms with van der Waals surface area (Å²) in [6, 6.07) is 9.93.